The summed E-state index contributed by atoms with van der Waals surface area (Å²) in [5.41, 5.74) is 0.155. The lowest BCUT2D eigenvalue weighted by Gasteiger charge is -2.29. The smallest absolute Gasteiger partial charge is 0.251 e. The normalized spacial score (nSPS) is 24.4. The maximum absolute atomic E-state index is 12.4. The Morgan fingerprint density at radius 1 is 1.20 bits per heavy atom. The molecule has 0 bridgehead atoms. The van der Waals surface area contributed by atoms with Crippen LogP contribution in [0.1, 0.15) is 53.4 Å². The fraction of sp³-hybridized carbons (Fsp3) is 0.632. The zero-order valence-electron chi connectivity index (χ0n) is 15.5. The molecule has 0 spiro atoms. The van der Waals surface area contributed by atoms with Crippen LogP contribution in [0, 0.1) is 0 Å². The van der Waals surface area contributed by atoms with Crippen LogP contribution < -0.4 is 10.6 Å². The van der Waals surface area contributed by atoms with Gasteiger partial charge in [0.25, 0.3) is 5.91 Å². The van der Waals surface area contributed by atoms with E-state index in [9.17, 15) is 19.5 Å². The van der Waals surface area contributed by atoms with Crippen LogP contribution in [0.4, 0.5) is 0 Å². The molecular weight excluding hydrogens is 320 g/mol. The van der Waals surface area contributed by atoms with Gasteiger partial charge in [-0.15, -0.1) is 0 Å². The topological polar surface area (TPSA) is 95.5 Å². The van der Waals surface area contributed by atoms with Crippen LogP contribution in [0.15, 0.2) is 22.3 Å². The molecule has 2 aliphatic rings. The van der Waals surface area contributed by atoms with E-state index >= 15 is 0 Å². The van der Waals surface area contributed by atoms with Crippen molar-refractivity contribution in [1.29, 1.82) is 0 Å². The molecule has 1 aliphatic carbocycles. The Kier molecular flexibility index (Phi) is 5.95. The highest BCUT2D eigenvalue weighted by Gasteiger charge is 2.34. The van der Waals surface area contributed by atoms with Crippen molar-refractivity contribution in [3.05, 3.63) is 22.3 Å². The molecule has 0 aromatic rings. The molecule has 1 unspecified atom stereocenters. The lowest BCUT2D eigenvalue weighted by Crippen LogP contribution is -2.52. The van der Waals surface area contributed by atoms with E-state index in [0.29, 0.717) is 28.8 Å². The fourth-order valence-electron chi connectivity index (χ4n) is 3.25. The number of carbonyl (C=O) groups excluding carboxylic acids is 3. The SMILES string of the molecule is CC1=C(C)C(=O)C(CCC(C)(O)C(=O)N[C@@H]2CCCNC2)=C(C)C1=O. The molecule has 1 aliphatic heterocycles. The van der Waals surface area contributed by atoms with E-state index in [-0.39, 0.29) is 30.4 Å². The van der Waals surface area contributed by atoms with Crippen molar-refractivity contribution in [3.8, 4) is 0 Å². The number of Topliss-reactive ketones (excluding diaryl/α,β-unsaturated/α-hetero) is 2. The van der Waals surface area contributed by atoms with Crippen LogP contribution >= 0.6 is 0 Å². The summed E-state index contributed by atoms with van der Waals surface area (Å²) in [6.45, 7) is 8.02. The number of amides is 1. The summed E-state index contributed by atoms with van der Waals surface area (Å²) in [6.07, 6.45) is 2.16. The highest BCUT2D eigenvalue weighted by atomic mass is 16.3. The minimum Gasteiger partial charge on any atom is -0.380 e. The molecule has 138 valence electrons. The van der Waals surface area contributed by atoms with Gasteiger partial charge in [-0.25, -0.2) is 0 Å². The summed E-state index contributed by atoms with van der Waals surface area (Å²) in [4.78, 5) is 37.0. The van der Waals surface area contributed by atoms with Crippen molar-refractivity contribution in [2.24, 2.45) is 0 Å². The number of rotatable bonds is 5. The maximum atomic E-state index is 12.4. The largest absolute Gasteiger partial charge is 0.380 e. The van der Waals surface area contributed by atoms with Gasteiger partial charge >= 0.3 is 0 Å². The second-order valence-electron chi connectivity index (χ2n) is 7.30. The van der Waals surface area contributed by atoms with E-state index < -0.39 is 11.5 Å². The molecule has 0 aromatic carbocycles. The van der Waals surface area contributed by atoms with E-state index in [1.54, 1.807) is 20.8 Å². The molecule has 1 saturated heterocycles. The van der Waals surface area contributed by atoms with Gasteiger partial charge < -0.3 is 15.7 Å². The van der Waals surface area contributed by atoms with Crippen LogP contribution in [-0.4, -0.2) is 47.3 Å². The number of nitrogens with one attached hydrogen (secondary N) is 2. The summed E-state index contributed by atoms with van der Waals surface area (Å²) < 4.78 is 0. The summed E-state index contributed by atoms with van der Waals surface area (Å²) in [5.74, 6) is -0.732. The zero-order chi connectivity index (χ0) is 18.8. The third-order valence-electron chi connectivity index (χ3n) is 5.29. The molecule has 6 heteroatoms. The van der Waals surface area contributed by atoms with Gasteiger partial charge in [0.05, 0.1) is 0 Å². The minimum atomic E-state index is -1.59. The Balaban J connectivity index is 2.02. The number of aliphatic hydroxyl groups is 1. The molecule has 0 aromatic heterocycles. The number of carbonyl (C=O) groups is 3. The molecule has 1 heterocycles. The number of hydrogen-bond donors (Lipinski definition) is 3. The second-order valence-corrected chi connectivity index (χ2v) is 7.30. The van der Waals surface area contributed by atoms with Gasteiger partial charge in [-0.1, -0.05) is 0 Å². The first-order chi connectivity index (χ1) is 11.6. The molecule has 6 nitrogen and oxygen atoms in total. The summed E-state index contributed by atoms with van der Waals surface area (Å²) in [5, 5.41) is 16.6. The summed E-state index contributed by atoms with van der Waals surface area (Å²) in [7, 11) is 0. The van der Waals surface area contributed by atoms with E-state index in [1.807, 2.05) is 0 Å². The fourth-order valence-corrected chi connectivity index (χ4v) is 3.25. The van der Waals surface area contributed by atoms with Crippen LogP contribution in [0.25, 0.3) is 0 Å². The number of allylic oxidation sites excluding steroid dienone is 4. The third-order valence-corrected chi connectivity index (χ3v) is 5.29. The molecule has 2 rings (SSSR count). The van der Waals surface area contributed by atoms with Gasteiger partial charge in [-0.05, 0) is 59.9 Å². The molecule has 0 radical (unpaired) electrons. The van der Waals surface area contributed by atoms with Crippen molar-refractivity contribution < 1.29 is 19.5 Å². The predicted molar refractivity (Wildman–Crippen MR) is 95.0 cm³/mol. The van der Waals surface area contributed by atoms with Crippen LogP contribution in [0.5, 0.6) is 0 Å². The van der Waals surface area contributed by atoms with E-state index in [0.717, 1.165) is 19.4 Å². The van der Waals surface area contributed by atoms with Crippen molar-refractivity contribution in [2.45, 2.75) is 65.0 Å². The lowest BCUT2D eigenvalue weighted by atomic mass is 9.82. The molecule has 1 amide bonds. The first-order valence-corrected chi connectivity index (χ1v) is 8.86. The Morgan fingerprint density at radius 2 is 1.84 bits per heavy atom. The minimum absolute atomic E-state index is 0.0133. The van der Waals surface area contributed by atoms with Crippen molar-refractivity contribution >= 4 is 17.5 Å². The molecule has 25 heavy (non-hydrogen) atoms. The lowest BCUT2D eigenvalue weighted by molar-refractivity contribution is -0.139. The number of piperidine rings is 1. The highest BCUT2D eigenvalue weighted by molar-refractivity contribution is 6.24. The molecule has 2 atom stereocenters. The van der Waals surface area contributed by atoms with Crippen LogP contribution in [-0.2, 0) is 14.4 Å². The number of hydrogen-bond acceptors (Lipinski definition) is 5. The third kappa shape index (κ3) is 4.25. The Labute approximate surface area is 148 Å². The first-order valence-electron chi connectivity index (χ1n) is 8.86. The zero-order valence-corrected chi connectivity index (χ0v) is 15.5. The quantitative estimate of drug-likeness (QED) is 0.649. The molecule has 0 saturated carbocycles. The Bertz CT molecular complexity index is 652. The first kappa shape index (κ1) is 19.5. The van der Waals surface area contributed by atoms with Gasteiger partial charge in [-0.2, -0.15) is 0 Å². The molecular formula is C19H28N2O4. The van der Waals surface area contributed by atoms with Crippen molar-refractivity contribution in [2.75, 3.05) is 13.1 Å². The monoisotopic (exact) mass is 348 g/mol. The second kappa shape index (κ2) is 7.62. The average Bonchev–Trinajstić information content (AvgIpc) is 2.59. The van der Waals surface area contributed by atoms with Crippen molar-refractivity contribution in [3.63, 3.8) is 0 Å². The van der Waals surface area contributed by atoms with Gasteiger partial charge in [0.2, 0.25) is 0 Å². The van der Waals surface area contributed by atoms with Gasteiger partial charge in [0.15, 0.2) is 11.6 Å². The van der Waals surface area contributed by atoms with Crippen LogP contribution in [0.3, 0.4) is 0 Å². The average molecular weight is 348 g/mol. The van der Waals surface area contributed by atoms with Crippen molar-refractivity contribution in [1.82, 2.24) is 10.6 Å². The summed E-state index contributed by atoms with van der Waals surface area (Å²) in [6, 6.07) is 0.0133. The van der Waals surface area contributed by atoms with Crippen LogP contribution in [0.2, 0.25) is 0 Å². The number of ketones is 2. The van der Waals surface area contributed by atoms with Gasteiger partial charge in [0.1, 0.15) is 5.60 Å². The molecule has 1 fully saturated rings. The van der Waals surface area contributed by atoms with E-state index in [2.05, 4.69) is 10.6 Å². The van der Waals surface area contributed by atoms with Gasteiger partial charge in [-0.3, -0.25) is 14.4 Å². The Hall–Kier alpha value is -1.79. The van der Waals surface area contributed by atoms with E-state index in [4.69, 9.17) is 0 Å². The summed E-state index contributed by atoms with van der Waals surface area (Å²) >= 11 is 0. The highest BCUT2D eigenvalue weighted by Crippen LogP contribution is 2.29. The maximum Gasteiger partial charge on any atom is 0.251 e. The van der Waals surface area contributed by atoms with E-state index in [1.165, 1.54) is 6.92 Å². The standard InChI is InChI=1S/C19H28N2O4/c1-11-12(2)17(23)15(13(3)16(11)22)7-8-19(4,25)18(24)21-14-6-5-9-20-10-14/h14,20,25H,5-10H2,1-4H3,(H,21,24)/t14-,19?/m1/s1. The predicted octanol–water partition coefficient (Wildman–Crippen LogP) is 1.19. The molecule has 3 N–H and O–H groups in total. The van der Waals surface area contributed by atoms with Gasteiger partial charge in [0, 0.05) is 34.9 Å². The Morgan fingerprint density at radius 3 is 2.44 bits per heavy atom.